The Bertz CT molecular complexity index is 624. The van der Waals surface area contributed by atoms with Gasteiger partial charge in [-0.05, 0) is 19.9 Å². The molecule has 0 bridgehead atoms. The molecule has 1 aromatic rings. The number of hydrogen-bond acceptors (Lipinski definition) is 4. The van der Waals surface area contributed by atoms with E-state index in [4.69, 9.17) is 9.47 Å². The zero-order valence-electron chi connectivity index (χ0n) is 13.2. The van der Waals surface area contributed by atoms with Crippen molar-refractivity contribution in [1.29, 1.82) is 0 Å². The van der Waals surface area contributed by atoms with Crippen molar-refractivity contribution in [2.24, 2.45) is 0 Å². The monoisotopic (exact) mass is 304 g/mol. The Morgan fingerprint density at radius 2 is 2.05 bits per heavy atom. The van der Waals surface area contributed by atoms with Crippen LogP contribution in [0.15, 0.2) is 35.5 Å². The number of para-hydroxylation sites is 1. The number of esters is 1. The van der Waals surface area contributed by atoms with Crippen LogP contribution in [0.1, 0.15) is 25.5 Å². The van der Waals surface area contributed by atoms with Gasteiger partial charge in [0.2, 0.25) is 0 Å². The summed E-state index contributed by atoms with van der Waals surface area (Å²) in [4.78, 5) is 25.8. The molecule has 0 unspecified atom stereocenters. The molecule has 1 heterocycles. The van der Waals surface area contributed by atoms with Gasteiger partial charge in [0, 0.05) is 18.3 Å². The maximum atomic E-state index is 12.3. The van der Waals surface area contributed by atoms with E-state index >= 15 is 0 Å². The number of benzene rings is 1. The lowest BCUT2D eigenvalue weighted by atomic mass is 9.94. The molecule has 6 nitrogen and oxygen atoms in total. The second-order valence-corrected chi connectivity index (χ2v) is 4.90. The molecular weight excluding hydrogens is 284 g/mol. The van der Waals surface area contributed by atoms with Crippen LogP contribution < -0.4 is 10.1 Å². The summed E-state index contributed by atoms with van der Waals surface area (Å²) < 4.78 is 10.5. The number of nitrogens with zero attached hydrogens (tertiary/aromatic N) is 1. The summed E-state index contributed by atoms with van der Waals surface area (Å²) in [7, 11) is 3.17. The van der Waals surface area contributed by atoms with Crippen LogP contribution in [0, 0.1) is 0 Å². The summed E-state index contributed by atoms with van der Waals surface area (Å²) in [6.07, 6.45) is 0. The fourth-order valence-electron chi connectivity index (χ4n) is 2.45. The van der Waals surface area contributed by atoms with Gasteiger partial charge in [0.05, 0.1) is 25.3 Å². The number of hydrogen-bond donors (Lipinski definition) is 1. The molecule has 2 rings (SSSR count). The van der Waals surface area contributed by atoms with Crippen molar-refractivity contribution in [3.8, 4) is 5.75 Å². The van der Waals surface area contributed by atoms with Gasteiger partial charge in [-0.3, -0.25) is 0 Å². The molecule has 6 heteroatoms. The van der Waals surface area contributed by atoms with E-state index in [1.165, 1.54) is 4.90 Å². The SMILES string of the molecule is CCOC(=O)C1=C(C)N(C)C(=O)N[C@H]1c1ccccc1OC. The molecule has 0 fully saturated rings. The van der Waals surface area contributed by atoms with Crippen molar-refractivity contribution in [3.05, 3.63) is 41.1 Å². The number of rotatable bonds is 4. The zero-order valence-corrected chi connectivity index (χ0v) is 13.2. The lowest BCUT2D eigenvalue weighted by Crippen LogP contribution is -2.46. The van der Waals surface area contributed by atoms with Crippen molar-refractivity contribution < 1.29 is 19.1 Å². The average Bonchev–Trinajstić information content (AvgIpc) is 2.52. The Morgan fingerprint density at radius 3 is 2.68 bits per heavy atom. The summed E-state index contributed by atoms with van der Waals surface area (Å²) in [5.74, 6) is 0.162. The number of nitrogens with one attached hydrogen (secondary N) is 1. The molecule has 22 heavy (non-hydrogen) atoms. The molecule has 0 spiro atoms. The van der Waals surface area contributed by atoms with Gasteiger partial charge in [-0.15, -0.1) is 0 Å². The third-order valence-corrected chi connectivity index (χ3v) is 3.70. The van der Waals surface area contributed by atoms with Crippen LogP contribution in [0.25, 0.3) is 0 Å². The van der Waals surface area contributed by atoms with Crippen LogP contribution in [0.4, 0.5) is 4.79 Å². The van der Waals surface area contributed by atoms with Crippen LogP contribution >= 0.6 is 0 Å². The van der Waals surface area contributed by atoms with Gasteiger partial charge in [-0.2, -0.15) is 0 Å². The largest absolute Gasteiger partial charge is 0.496 e. The third kappa shape index (κ3) is 2.77. The van der Waals surface area contributed by atoms with Gasteiger partial charge in [-0.1, -0.05) is 18.2 Å². The molecule has 0 saturated heterocycles. The number of allylic oxidation sites excluding steroid dienone is 1. The van der Waals surface area contributed by atoms with E-state index in [1.807, 2.05) is 18.2 Å². The minimum atomic E-state index is -0.598. The summed E-state index contributed by atoms with van der Waals surface area (Å²) in [6, 6.07) is 6.40. The number of methoxy groups -OCH3 is 1. The predicted octanol–water partition coefficient (Wildman–Crippen LogP) is 2.23. The standard InChI is InChI=1S/C16H20N2O4/c1-5-22-15(19)13-10(2)18(3)16(20)17-14(13)11-8-6-7-9-12(11)21-4/h6-9,14H,5H2,1-4H3,(H,17,20)/t14-/m0/s1. The summed E-state index contributed by atoms with van der Waals surface area (Å²) >= 11 is 0. The lowest BCUT2D eigenvalue weighted by molar-refractivity contribution is -0.139. The van der Waals surface area contributed by atoms with E-state index in [0.29, 0.717) is 22.6 Å². The smallest absolute Gasteiger partial charge is 0.338 e. The van der Waals surface area contributed by atoms with Gasteiger partial charge in [0.1, 0.15) is 5.75 Å². The maximum Gasteiger partial charge on any atom is 0.338 e. The Balaban J connectivity index is 2.56. The maximum absolute atomic E-state index is 12.3. The fourth-order valence-corrected chi connectivity index (χ4v) is 2.45. The average molecular weight is 304 g/mol. The van der Waals surface area contributed by atoms with E-state index in [-0.39, 0.29) is 12.6 Å². The molecule has 1 aromatic carbocycles. The van der Waals surface area contributed by atoms with Crippen molar-refractivity contribution in [2.75, 3.05) is 20.8 Å². The predicted molar refractivity (Wildman–Crippen MR) is 81.4 cm³/mol. The van der Waals surface area contributed by atoms with Crippen LogP contribution in [-0.4, -0.2) is 37.7 Å². The molecule has 118 valence electrons. The highest BCUT2D eigenvalue weighted by atomic mass is 16.5. The van der Waals surface area contributed by atoms with Gasteiger partial charge < -0.3 is 19.7 Å². The van der Waals surface area contributed by atoms with Gasteiger partial charge in [-0.25, -0.2) is 9.59 Å². The first-order valence-electron chi connectivity index (χ1n) is 7.06. The molecule has 0 aromatic heterocycles. The van der Waals surface area contributed by atoms with E-state index in [9.17, 15) is 9.59 Å². The minimum absolute atomic E-state index is 0.270. The molecular formula is C16H20N2O4. The zero-order chi connectivity index (χ0) is 16.3. The van der Waals surface area contributed by atoms with Crippen molar-refractivity contribution in [3.63, 3.8) is 0 Å². The molecule has 1 atom stereocenters. The number of carbonyl (C=O) groups is 2. The topological polar surface area (TPSA) is 67.9 Å². The van der Waals surface area contributed by atoms with Crippen molar-refractivity contribution in [2.45, 2.75) is 19.9 Å². The molecule has 1 aliphatic rings. The van der Waals surface area contributed by atoms with E-state index in [2.05, 4.69) is 5.32 Å². The first-order chi connectivity index (χ1) is 10.5. The number of carbonyl (C=O) groups excluding carboxylic acids is 2. The molecule has 2 amide bonds. The molecule has 0 aliphatic carbocycles. The second-order valence-electron chi connectivity index (χ2n) is 4.90. The highest BCUT2D eigenvalue weighted by Crippen LogP contribution is 2.35. The Kier molecular flexibility index (Phi) is 4.70. The van der Waals surface area contributed by atoms with Crippen LogP contribution in [0.3, 0.4) is 0 Å². The van der Waals surface area contributed by atoms with Crippen molar-refractivity contribution >= 4 is 12.0 Å². The Labute approximate surface area is 129 Å². The van der Waals surface area contributed by atoms with E-state index in [1.54, 1.807) is 34.1 Å². The van der Waals surface area contributed by atoms with Gasteiger partial charge >= 0.3 is 12.0 Å². The molecule has 1 N–H and O–H groups in total. The normalized spacial score (nSPS) is 18.1. The summed E-state index contributed by atoms with van der Waals surface area (Å²) in [6.45, 7) is 3.75. The van der Waals surface area contributed by atoms with E-state index < -0.39 is 12.0 Å². The number of amides is 2. The second kappa shape index (κ2) is 6.51. The Hall–Kier alpha value is -2.50. The molecule has 0 saturated carbocycles. The summed E-state index contributed by atoms with van der Waals surface area (Å²) in [5, 5.41) is 2.83. The van der Waals surface area contributed by atoms with Crippen LogP contribution in [0.5, 0.6) is 5.75 Å². The minimum Gasteiger partial charge on any atom is -0.496 e. The summed E-state index contributed by atoms with van der Waals surface area (Å²) in [5.41, 5.74) is 1.69. The highest BCUT2D eigenvalue weighted by molar-refractivity contribution is 5.95. The first kappa shape index (κ1) is 15.9. The first-order valence-corrected chi connectivity index (χ1v) is 7.06. The van der Waals surface area contributed by atoms with Gasteiger partial charge in [0.25, 0.3) is 0 Å². The Morgan fingerprint density at radius 1 is 1.36 bits per heavy atom. The highest BCUT2D eigenvalue weighted by Gasteiger charge is 2.36. The fraction of sp³-hybridized carbons (Fsp3) is 0.375. The van der Waals surface area contributed by atoms with Gasteiger partial charge in [0.15, 0.2) is 0 Å². The third-order valence-electron chi connectivity index (χ3n) is 3.70. The van der Waals surface area contributed by atoms with Crippen LogP contribution in [-0.2, 0) is 9.53 Å². The number of ether oxygens (including phenoxy) is 2. The lowest BCUT2D eigenvalue weighted by Gasteiger charge is -2.33. The van der Waals surface area contributed by atoms with E-state index in [0.717, 1.165) is 0 Å². The quantitative estimate of drug-likeness (QED) is 0.866. The van der Waals surface area contributed by atoms with Crippen LogP contribution in [0.2, 0.25) is 0 Å². The molecule has 1 aliphatic heterocycles. The van der Waals surface area contributed by atoms with Crippen molar-refractivity contribution in [1.82, 2.24) is 10.2 Å². The number of urea groups is 1. The molecule has 0 radical (unpaired) electrons.